The number of thioether (sulfide) groups is 2. The van der Waals surface area contributed by atoms with Gasteiger partial charge in [-0.25, -0.2) is 9.59 Å². The second-order valence-electron chi connectivity index (χ2n) is 3.96. The van der Waals surface area contributed by atoms with E-state index in [1.165, 1.54) is 23.5 Å². The molecule has 1 aromatic rings. The molecule has 2 heterocycles. The van der Waals surface area contributed by atoms with Crippen molar-refractivity contribution in [1.82, 2.24) is 0 Å². The van der Waals surface area contributed by atoms with E-state index in [2.05, 4.69) is 34.7 Å². The van der Waals surface area contributed by atoms with Gasteiger partial charge in [-0.1, -0.05) is 6.07 Å². The zero-order chi connectivity index (χ0) is 15.7. The van der Waals surface area contributed by atoms with E-state index in [4.69, 9.17) is 0 Å². The molecule has 116 valence electrons. The molecule has 1 atom stereocenters. The van der Waals surface area contributed by atoms with Crippen molar-refractivity contribution < 1.29 is 19.1 Å². The van der Waals surface area contributed by atoms with Gasteiger partial charge in [-0.05, 0) is 48.6 Å². The predicted octanol–water partition coefficient (Wildman–Crippen LogP) is 4.39. The molecule has 1 unspecified atom stereocenters. The van der Waals surface area contributed by atoms with E-state index in [9.17, 15) is 9.59 Å². The van der Waals surface area contributed by atoms with Gasteiger partial charge in [0.15, 0.2) is 0 Å². The van der Waals surface area contributed by atoms with Crippen molar-refractivity contribution >= 4 is 59.4 Å². The Labute approximate surface area is 143 Å². The van der Waals surface area contributed by atoms with E-state index in [-0.39, 0.29) is 16.7 Å². The standard InChI is InChI=1S/C6H6S2.C4H6O2S.C3H4O2S/c7-5-2-1-3-6(8)4-5;1-3-2-7-4(5)6-3;4-3-5-1-2-6-3/h1-4,7-8H;3H,2H2,1H3;1-2H2. The van der Waals surface area contributed by atoms with Crippen LogP contribution in [0.1, 0.15) is 6.92 Å². The summed E-state index contributed by atoms with van der Waals surface area (Å²) < 4.78 is 9.16. The molecule has 0 aromatic heterocycles. The maximum Gasteiger partial charge on any atom is 0.367 e. The first-order chi connectivity index (χ1) is 9.97. The van der Waals surface area contributed by atoms with E-state index in [0.29, 0.717) is 6.61 Å². The van der Waals surface area contributed by atoms with E-state index >= 15 is 0 Å². The molecule has 0 aliphatic carbocycles. The van der Waals surface area contributed by atoms with Crippen molar-refractivity contribution in [2.75, 3.05) is 18.1 Å². The fourth-order valence-corrected chi connectivity index (χ4v) is 2.93. The Morgan fingerprint density at radius 2 is 1.81 bits per heavy atom. The summed E-state index contributed by atoms with van der Waals surface area (Å²) in [4.78, 5) is 22.1. The van der Waals surface area contributed by atoms with Crippen LogP contribution in [0.5, 0.6) is 0 Å². The minimum atomic E-state index is -0.132. The van der Waals surface area contributed by atoms with Gasteiger partial charge in [0.1, 0.15) is 12.7 Å². The second kappa shape index (κ2) is 10.3. The van der Waals surface area contributed by atoms with Crippen LogP contribution in [0.3, 0.4) is 0 Å². The Morgan fingerprint density at radius 1 is 1.14 bits per heavy atom. The highest BCUT2D eigenvalue weighted by Gasteiger charge is 2.18. The number of hydrogen-bond acceptors (Lipinski definition) is 8. The van der Waals surface area contributed by atoms with Crippen LogP contribution in [0.4, 0.5) is 9.59 Å². The first kappa shape index (κ1) is 18.6. The van der Waals surface area contributed by atoms with E-state index in [1.54, 1.807) is 0 Å². The molecule has 4 nitrogen and oxygen atoms in total. The van der Waals surface area contributed by atoms with Gasteiger partial charge in [0.05, 0.1) is 0 Å². The van der Waals surface area contributed by atoms with Crippen LogP contribution in [0.15, 0.2) is 34.1 Å². The van der Waals surface area contributed by atoms with Gasteiger partial charge < -0.3 is 9.47 Å². The van der Waals surface area contributed by atoms with Gasteiger partial charge in [0.2, 0.25) is 0 Å². The minimum absolute atomic E-state index is 0.130. The molecule has 2 fully saturated rings. The lowest BCUT2D eigenvalue weighted by molar-refractivity contribution is 0.153. The Balaban J connectivity index is 0.000000159. The molecular weight excluding hydrogens is 348 g/mol. The second-order valence-corrected chi connectivity index (χ2v) is 6.97. The summed E-state index contributed by atoms with van der Waals surface area (Å²) >= 11 is 10.7. The summed E-state index contributed by atoms with van der Waals surface area (Å²) in [6, 6.07) is 7.66. The molecule has 21 heavy (non-hydrogen) atoms. The number of carbonyl (C=O) groups excluding carboxylic acids is 2. The average Bonchev–Trinajstić information content (AvgIpc) is 3.02. The molecule has 2 saturated heterocycles. The monoisotopic (exact) mass is 364 g/mol. The van der Waals surface area contributed by atoms with Crippen LogP contribution in [0, 0.1) is 0 Å². The summed E-state index contributed by atoms with van der Waals surface area (Å²) in [6.07, 6.45) is 0.137. The van der Waals surface area contributed by atoms with Gasteiger partial charge in [0, 0.05) is 21.3 Å². The number of cyclic esters (lactones) is 2. The Morgan fingerprint density at radius 3 is 2.00 bits per heavy atom. The third-order valence-corrected chi connectivity index (χ3v) is 4.33. The third kappa shape index (κ3) is 9.23. The van der Waals surface area contributed by atoms with Crippen LogP contribution in [0.2, 0.25) is 0 Å². The number of ether oxygens (including phenoxy) is 2. The fourth-order valence-electron chi connectivity index (χ4n) is 1.20. The highest BCUT2D eigenvalue weighted by Crippen LogP contribution is 2.18. The van der Waals surface area contributed by atoms with E-state index in [1.807, 2.05) is 31.2 Å². The highest BCUT2D eigenvalue weighted by atomic mass is 32.2. The minimum Gasteiger partial charge on any atom is -0.457 e. The lowest BCUT2D eigenvalue weighted by Crippen LogP contribution is -2.01. The average molecular weight is 365 g/mol. The number of rotatable bonds is 0. The van der Waals surface area contributed by atoms with Crippen molar-refractivity contribution in [2.24, 2.45) is 0 Å². The molecule has 8 heteroatoms. The maximum atomic E-state index is 10.2. The molecule has 0 saturated carbocycles. The summed E-state index contributed by atoms with van der Waals surface area (Å²) in [5.74, 6) is 1.65. The number of thiol groups is 2. The zero-order valence-electron chi connectivity index (χ0n) is 11.4. The molecular formula is C13H16O4S4. The van der Waals surface area contributed by atoms with Crippen LogP contribution in [0.25, 0.3) is 0 Å². The van der Waals surface area contributed by atoms with Crippen LogP contribution < -0.4 is 0 Å². The molecule has 0 spiro atoms. The Kier molecular flexibility index (Phi) is 9.14. The fraction of sp³-hybridized carbons (Fsp3) is 0.385. The van der Waals surface area contributed by atoms with Gasteiger partial charge in [-0.15, -0.1) is 25.3 Å². The van der Waals surface area contributed by atoms with Crippen molar-refractivity contribution in [1.29, 1.82) is 0 Å². The van der Waals surface area contributed by atoms with Crippen molar-refractivity contribution in [3.8, 4) is 0 Å². The molecule has 2 aliphatic heterocycles. The van der Waals surface area contributed by atoms with Crippen molar-refractivity contribution in [2.45, 2.75) is 22.8 Å². The van der Waals surface area contributed by atoms with Gasteiger partial charge >= 0.3 is 10.6 Å². The quantitative estimate of drug-likeness (QED) is 0.526. The van der Waals surface area contributed by atoms with Gasteiger partial charge in [0.25, 0.3) is 0 Å². The largest absolute Gasteiger partial charge is 0.457 e. The first-order valence-electron chi connectivity index (χ1n) is 6.08. The van der Waals surface area contributed by atoms with Crippen LogP contribution >= 0.6 is 48.8 Å². The lowest BCUT2D eigenvalue weighted by Gasteiger charge is -1.93. The normalized spacial score (nSPS) is 19.7. The smallest absolute Gasteiger partial charge is 0.367 e. The molecule has 0 radical (unpaired) electrons. The molecule has 3 rings (SSSR count). The molecule has 0 amide bonds. The van der Waals surface area contributed by atoms with Gasteiger partial charge in [-0.2, -0.15) is 0 Å². The van der Waals surface area contributed by atoms with Crippen LogP contribution in [-0.2, 0) is 9.47 Å². The SMILES string of the molecule is CC1CSC(=O)O1.O=C1OCCS1.Sc1cccc(S)c1. The summed E-state index contributed by atoms with van der Waals surface area (Å²) in [5, 5.41) is -0.262. The molecule has 0 N–H and O–H groups in total. The Hall–Kier alpha value is -0.440. The lowest BCUT2D eigenvalue weighted by atomic mass is 10.4. The predicted molar refractivity (Wildman–Crippen MR) is 93.2 cm³/mol. The van der Waals surface area contributed by atoms with Crippen LogP contribution in [-0.4, -0.2) is 34.8 Å². The van der Waals surface area contributed by atoms with Crippen molar-refractivity contribution in [3.05, 3.63) is 24.3 Å². The van der Waals surface area contributed by atoms with E-state index < -0.39 is 0 Å². The third-order valence-electron chi connectivity index (χ3n) is 2.09. The number of carbonyl (C=O) groups is 2. The van der Waals surface area contributed by atoms with Gasteiger partial charge in [-0.3, -0.25) is 0 Å². The topological polar surface area (TPSA) is 52.6 Å². The summed E-state index contributed by atoms with van der Waals surface area (Å²) in [5.41, 5.74) is 0. The van der Waals surface area contributed by atoms with Crippen molar-refractivity contribution in [3.63, 3.8) is 0 Å². The summed E-state index contributed by atoms with van der Waals surface area (Å²) in [6.45, 7) is 2.49. The maximum absolute atomic E-state index is 10.2. The first-order valence-corrected chi connectivity index (χ1v) is 8.95. The Bertz CT molecular complexity index is 456. The highest BCUT2D eigenvalue weighted by molar-refractivity contribution is 8.13. The number of benzene rings is 1. The molecule has 0 bridgehead atoms. The molecule has 2 aliphatic rings. The molecule has 1 aromatic carbocycles. The summed E-state index contributed by atoms with van der Waals surface area (Å²) in [7, 11) is 0. The number of hydrogen-bond donors (Lipinski definition) is 2. The zero-order valence-corrected chi connectivity index (χ0v) is 14.8. The van der Waals surface area contributed by atoms with E-state index in [0.717, 1.165) is 21.3 Å².